The highest BCUT2D eigenvalue weighted by atomic mass is 127. The van der Waals surface area contributed by atoms with Gasteiger partial charge in [0.1, 0.15) is 0 Å². The molecule has 1 aliphatic rings. The lowest BCUT2D eigenvalue weighted by atomic mass is 10.2. The van der Waals surface area contributed by atoms with E-state index in [9.17, 15) is 8.42 Å². The van der Waals surface area contributed by atoms with Crippen molar-refractivity contribution in [3.63, 3.8) is 0 Å². The molecule has 0 aliphatic carbocycles. The van der Waals surface area contributed by atoms with Crippen molar-refractivity contribution in [2.75, 3.05) is 10.2 Å². The van der Waals surface area contributed by atoms with Crippen LogP contribution in [0.25, 0.3) is 0 Å². The topological polar surface area (TPSA) is 34.1 Å². The van der Waals surface area contributed by atoms with Gasteiger partial charge in [-0.05, 0) is 12.8 Å². The monoisotopic (exact) mass is 274 g/mol. The van der Waals surface area contributed by atoms with Gasteiger partial charge in [0, 0.05) is 4.43 Å². The third kappa shape index (κ3) is 1.84. The Morgan fingerprint density at radius 1 is 1.40 bits per heavy atom. The van der Waals surface area contributed by atoms with Gasteiger partial charge in [-0.15, -0.1) is 0 Å². The van der Waals surface area contributed by atoms with Gasteiger partial charge in [0.15, 0.2) is 9.84 Å². The summed E-state index contributed by atoms with van der Waals surface area (Å²) >= 11 is 2.15. The Morgan fingerprint density at radius 3 is 2.50 bits per heavy atom. The highest BCUT2D eigenvalue weighted by molar-refractivity contribution is 14.1. The van der Waals surface area contributed by atoms with Crippen LogP contribution < -0.4 is 0 Å². The van der Waals surface area contributed by atoms with Crippen molar-refractivity contribution in [1.82, 2.24) is 0 Å². The predicted octanol–water partition coefficient (Wildman–Crippen LogP) is 1.39. The Hall–Kier alpha value is 0.680. The van der Waals surface area contributed by atoms with Crippen LogP contribution in [0, 0.1) is 0 Å². The SMILES string of the molecule is O=S1(=O)CCCCC1CI. The van der Waals surface area contributed by atoms with Crippen LogP contribution in [0.3, 0.4) is 0 Å². The van der Waals surface area contributed by atoms with Crippen molar-refractivity contribution in [1.29, 1.82) is 0 Å². The van der Waals surface area contributed by atoms with Crippen molar-refractivity contribution in [2.24, 2.45) is 0 Å². The highest BCUT2D eigenvalue weighted by Gasteiger charge is 2.27. The van der Waals surface area contributed by atoms with Gasteiger partial charge >= 0.3 is 0 Å². The first-order valence-electron chi connectivity index (χ1n) is 3.44. The minimum absolute atomic E-state index is 0.0400. The summed E-state index contributed by atoms with van der Waals surface area (Å²) in [4.78, 5) is 0. The zero-order chi connectivity index (χ0) is 7.61. The van der Waals surface area contributed by atoms with Crippen molar-refractivity contribution >= 4 is 32.4 Å². The fraction of sp³-hybridized carbons (Fsp3) is 1.00. The van der Waals surface area contributed by atoms with E-state index in [1.54, 1.807) is 0 Å². The number of alkyl halides is 1. The Labute approximate surface area is 75.4 Å². The van der Waals surface area contributed by atoms with Crippen LogP contribution in [0.1, 0.15) is 19.3 Å². The Kier molecular flexibility index (Phi) is 2.97. The highest BCUT2D eigenvalue weighted by Crippen LogP contribution is 2.20. The van der Waals surface area contributed by atoms with Gasteiger partial charge in [-0.3, -0.25) is 0 Å². The molecule has 1 atom stereocenters. The molecule has 1 aliphatic heterocycles. The molecule has 1 unspecified atom stereocenters. The standard InChI is InChI=1S/C6H11IO2S/c7-5-6-3-1-2-4-10(6,8)9/h6H,1-5H2. The summed E-state index contributed by atoms with van der Waals surface area (Å²) in [6.45, 7) is 0. The van der Waals surface area contributed by atoms with Crippen molar-refractivity contribution in [3.05, 3.63) is 0 Å². The largest absolute Gasteiger partial charge is 0.229 e. The molecule has 4 heteroatoms. The molecule has 0 saturated carbocycles. The van der Waals surface area contributed by atoms with Gasteiger partial charge in [0.25, 0.3) is 0 Å². The van der Waals surface area contributed by atoms with Crippen LogP contribution in [0.15, 0.2) is 0 Å². The molecule has 0 aromatic carbocycles. The van der Waals surface area contributed by atoms with Gasteiger partial charge in [-0.25, -0.2) is 8.42 Å². The lowest BCUT2D eigenvalue weighted by Gasteiger charge is -2.19. The van der Waals surface area contributed by atoms with E-state index >= 15 is 0 Å². The molecule has 0 radical (unpaired) electrons. The summed E-state index contributed by atoms with van der Waals surface area (Å²) < 4.78 is 23.2. The van der Waals surface area contributed by atoms with E-state index in [-0.39, 0.29) is 5.25 Å². The van der Waals surface area contributed by atoms with Crippen LogP contribution in [-0.2, 0) is 9.84 Å². The average Bonchev–Trinajstić information content (AvgIpc) is 1.87. The van der Waals surface area contributed by atoms with E-state index in [1.807, 2.05) is 0 Å². The second kappa shape index (κ2) is 3.38. The average molecular weight is 274 g/mol. The molecular weight excluding hydrogens is 263 g/mol. The molecule has 2 nitrogen and oxygen atoms in total. The first kappa shape index (κ1) is 8.77. The molecule has 0 aromatic rings. The first-order valence-corrected chi connectivity index (χ1v) is 6.68. The molecule has 0 bridgehead atoms. The maximum absolute atomic E-state index is 11.2. The molecule has 60 valence electrons. The van der Waals surface area contributed by atoms with E-state index in [0.717, 1.165) is 23.7 Å². The minimum atomic E-state index is -2.68. The minimum Gasteiger partial charge on any atom is -0.229 e. The van der Waals surface area contributed by atoms with E-state index in [4.69, 9.17) is 0 Å². The molecule has 0 spiro atoms. The zero-order valence-corrected chi connectivity index (χ0v) is 8.69. The fourth-order valence-corrected chi connectivity index (χ4v) is 4.94. The van der Waals surface area contributed by atoms with E-state index in [2.05, 4.69) is 22.6 Å². The quantitative estimate of drug-likeness (QED) is 0.535. The summed E-state index contributed by atoms with van der Waals surface area (Å²) in [6, 6.07) is 0. The smallest absolute Gasteiger partial charge is 0.153 e. The second-order valence-corrected chi connectivity index (χ2v) is 5.92. The zero-order valence-electron chi connectivity index (χ0n) is 5.72. The van der Waals surface area contributed by atoms with Gasteiger partial charge in [-0.2, -0.15) is 0 Å². The molecule has 0 amide bonds. The molecule has 0 aromatic heterocycles. The Balaban J connectivity index is 2.70. The van der Waals surface area contributed by atoms with Gasteiger partial charge in [0.2, 0.25) is 0 Å². The van der Waals surface area contributed by atoms with Gasteiger partial charge in [-0.1, -0.05) is 29.0 Å². The van der Waals surface area contributed by atoms with Crippen LogP contribution in [0.5, 0.6) is 0 Å². The summed E-state index contributed by atoms with van der Waals surface area (Å²) in [6.07, 6.45) is 2.84. The number of hydrogen-bond donors (Lipinski definition) is 0. The van der Waals surface area contributed by atoms with E-state index in [1.165, 1.54) is 0 Å². The van der Waals surface area contributed by atoms with Crippen LogP contribution in [0.4, 0.5) is 0 Å². The lowest BCUT2D eigenvalue weighted by Crippen LogP contribution is -2.29. The predicted molar refractivity (Wildman–Crippen MR) is 50.3 cm³/mol. The van der Waals surface area contributed by atoms with Crippen LogP contribution in [0.2, 0.25) is 0 Å². The third-order valence-electron chi connectivity index (χ3n) is 1.88. The molecule has 1 fully saturated rings. The fourth-order valence-electron chi connectivity index (χ4n) is 1.19. The van der Waals surface area contributed by atoms with E-state index in [0.29, 0.717) is 5.75 Å². The van der Waals surface area contributed by atoms with Crippen molar-refractivity contribution in [3.8, 4) is 0 Å². The number of halogens is 1. The molecule has 10 heavy (non-hydrogen) atoms. The normalized spacial score (nSPS) is 31.9. The van der Waals surface area contributed by atoms with Crippen molar-refractivity contribution in [2.45, 2.75) is 24.5 Å². The maximum Gasteiger partial charge on any atom is 0.153 e. The number of sulfone groups is 1. The third-order valence-corrected chi connectivity index (χ3v) is 5.82. The molecule has 1 rings (SSSR count). The summed E-state index contributed by atoms with van der Waals surface area (Å²) in [7, 11) is -2.68. The van der Waals surface area contributed by atoms with Gasteiger partial charge in [0.05, 0.1) is 11.0 Å². The van der Waals surface area contributed by atoms with Crippen LogP contribution >= 0.6 is 22.6 Å². The first-order chi connectivity index (χ1) is 4.67. The maximum atomic E-state index is 11.2. The second-order valence-electron chi connectivity index (χ2n) is 2.64. The number of hydrogen-bond acceptors (Lipinski definition) is 2. The van der Waals surface area contributed by atoms with Crippen molar-refractivity contribution < 1.29 is 8.42 Å². The molecule has 0 N–H and O–H groups in total. The lowest BCUT2D eigenvalue weighted by molar-refractivity contribution is 0.552. The van der Waals surface area contributed by atoms with Gasteiger partial charge < -0.3 is 0 Å². The Bertz CT molecular complexity index is 198. The van der Waals surface area contributed by atoms with E-state index < -0.39 is 9.84 Å². The summed E-state index contributed by atoms with van der Waals surface area (Å²) in [5, 5.41) is -0.0400. The Morgan fingerprint density at radius 2 is 2.10 bits per heavy atom. The van der Waals surface area contributed by atoms with Crippen LogP contribution in [-0.4, -0.2) is 23.8 Å². The molecular formula is C6H11IO2S. The molecule has 1 heterocycles. The number of rotatable bonds is 1. The molecule has 1 saturated heterocycles. The summed E-state index contributed by atoms with van der Waals surface area (Å²) in [5.74, 6) is 0.417. The summed E-state index contributed by atoms with van der Waals surface area (Å²) in [5.41, 5.74) is 0.